The molecule has 3 heterocycles. The van der Waals surface area contributed by atoms with Crippen LogP contribution in [-0.2, 0) is 6.54 Å². The fourth-order valence-corrected chi connectivity index (χ4v) is 3.46. The third-order valence-corrected chi connectivity index (χ3v) is 4.98. The summed E-state index contributed by atoms with van der Waals surface area (Å²) in [6, 6.07) is 12.8. The molecule has 0 radical (unpaired) electrons. The zero-order valence-electron chi connectivity index (χ0n) is 16.0. The van der Waals surface area contributed by atoms with Crippen LogP contribution in [0.15, 0.2) is 52.7 Å². The van der Waals surface area contributed by atoms with Crippen molar-refractivity contribution in [3.8, 4) is 17.2 Å². The van der Waals surface area contributed by atoms with Crippen LogP contribution in [0.1, 0.15) is 27.2 Å². The number of anilines is 1. The summed E-state index contributed by atoms with van der Waals surface area (Å²) in [5, 5.41) is 4.05. The lowest BCUT2D eigenvalue weighted by Gasteiger charge is -2.29. The fourth-order valence-electron chi connectivity index (χ4n) is 3.46. The molecule has 0 saturated heterocycles. The van der Waals surface area contributed by atoms with Crippen LogP contribution in [0.25, 0.3) is 6.08 Å². The van der Waals surface area contributed by atoms with Crippen molar-refractivity contribution in [2.24, 2.45) is 0 Å². The molecular weight excluding hydrogens is 372 g/mol. The van der Waals surface area contributed by atoms with Crippen LogP contribution >= 0.6 is 0 Å². The maximum absolute atomic E-state index is 12.9. The predicted molar refractivity (Wildman–Crippen MR) is 105 cm³/mol. The van der Waals surface area contributed by atoms with E-state index >= 15 is 0 Å². The molecule has 5 rings (SSSR count). The number of nitrogens with zero attached hydrogens (tertiary/aromatic N) is 2. The number of methoxy groups -OCH3 is 1. The van der Waals surface area contributed by atoms with Gasteiger partial charge in [0.1, 0.15) is 23.0 Å². The van der Waals surface area contributed by atoms with Gasteiger partial charge in [-0.2, -0.15) is 0 Å². The molecule has 0 saturated carbocycles. The van der Waals surface area contributed by atoms with Crippen molar-refractivity contribution in [2.75, 3.05) is 18.7 Å². The van der Waals surface area contributed by atoms with Crippen LogP contribution in [-0.4, -0.2) is 24.8 Å². The van der Waals surface area contributed by atoms with Gasteiger partial charge in [0.05, 0.1) is 24.8 Å². The molecule has 1 aromatic heterocycles. The van der Waals surface area contributed by atoms with Gasteiger partial charge in [-0.05, 0) is 42.8 Å². The molecule has 7 heteroatoms. The average molecular weight is 390 g/mol. The first-order valence-electron chi connectivity index (χ1n) is 9.17. The van der Waals surface area contributed by atoms with Crippen LogP contribution in [0.4, 0.5) is 5.82 Å². The Balaban J connectivity index is 1.47. The van der Waals surface area contributed by atoms with Crippen molar-refractivity contribution in [3.05, 3.63) is 70.7 Å². The van der Waals surface area contributed by atoms with Crippen LogP contribution in [0, 0.1) is 6.92 Å². The molecule has 0 fully saturated rings. The highest BCUT2D eigenvalue weighted by Crippen LogP contribution is 2.42. The van der Waals surface area contributed by atoms with E-state index in [1.165, 1.54) is 0 Å². The molecular formula is C22H18N2O5. The van der Waals surface area contributed by atoms with E-state index in [-0.39, 0.29) is 11.5 Å². The molecule has 7 nitrogen and oxygen atoms in total. The molecule has 2 aliphatic heterocycles. The average Bonchev–Trinajstić information content (AvgIpc) is 3.32. The fraction of sp³-hybridized carbons (Fsp3) is 0.182. The molecule has 0 atom stereocenters. The Kier molecular flexibility index (Phi) is 4.01. The number of carbonyl (C=O) groups is 1. The second-order valence-electron chi connectivity index (χ2n) is 6.90. The van der Waals surface area contributed by atoms with Crippen LogP contribution in [0.3, 0.4) is 0 Å². The number of ketones is 1. The Morgan fingerprint density at radius 2 is 2.00 bits per heavy atom. The number of hydrogen-bond acceptors (Lipinski definition) is 7. The van der Waals surface area contributed by atoms with E-state index in [0.29, 0.717) is 36.2 Å². The van der Waals surface area contributed by atoms with Gasteiger partial charge in [0.2, 0.25) is 5.78 Å². The lowest BCUT2D eigenvalue weighted by molar-refractivity contribution is 0.101. The second kappa shape index (κ2) is 6.70. The number of hydrogen-bond donors (Lipinski definition) is 0. The summed E-state index contributed by atoms with van der Waals surface area (Å²) in [6.45, 7) is 2.69. The summed E-state index contributed by atoms with van der Waals surface area (Å²) in [5.41, 5.74) is 2.21. The molecule has 0 spiro atoms. The van der Waals surface area contributed by atoms with Crippen molar-refractivity contribution in [2.45, 2.75) is 13.5 Å². The summed E-state index contributed by atoms with van der Waals surface area (Å²) in [5.74, 6) is 3.55. The largest absolute Gasteiger partial charge is 0.497 e. The van der Waals surface area contributed by atoms with Gasteiger partial charge < -0.3 is 23.6 Å². The number of rotatable bonds is 3. The summed E-state index contributed by atoms with van der Waals surface area (Å²) >= 11 is 0. The number of ether oxygens (including phenoxy) is 3. The van der Waals surface area contributed by atoms with E-state index in [1.807, 2.05) is 48.2 Å². The summed E-state index contributed by atoms with van der Waals surface area (Å²) in [7, 11) is 1.61. The van der Waals surface area contributed by atoms with Crippen molar-refractivity contribution in [1.82, 2.24) is 5.16 Å². The smallest absolute Gasteiger partial charge is 0.231 e. The minimum atomic E-state index is -0.145. The first kappa shape index (κ1) is 17.4. The van der Waals surface area contributed by atoms with Crippen molar-refractivity contribution in [1.29, 1.82) is 0 Å². The number of aromatic nitrogens is 1. The van der Waals surface area contributed by atoms with Crippen molar-refractivity contribution in [3.63, 3.8) is 0 Å². The predicted octanol–water partition coefficient (Wildman–Crippen LogP) is 3.96. The van der Waals surface area contributed by atoms with E-state index < -0.39 is 0 Å². The lowest BCUT2D eigenvalue weighted by atomic mass is 10.0. The molecule has 0 unspecified atom stereocenters. The number of Topliss-reactive ketones (excluding diaryl/α,β-unsaturated/α-hetero) is 1. The van der Waals surface area contributed by atoms with Crippen molar-refractivity contribution >= 4 is 17.7 Å². The third kappa shape index (κ3) is 3.00. The van der Waals surface area contributed by atoms with Gasteiger partial charge in [-0.25, -0.2) is 0 Å². The van der Waals surface area contributed by atoms with Gasteiger partial charge >= 0.3 is 0 Å². The molecule has 29 heavy (non-hydrogen) atoms. The highest BCUT2D eigenvalue weighted by atomic mass is 16.5. The van der Waals surface area contributed by atoms with Gasteiger partial charge in [-0.1, -0.05) is 17.3 Å². The molecule has 2 aromatic carbocycles. The quantitative estimate of drug-likeness (QED) is 0.627. The minimum Gasteiger partial charge on any atom is -0.497 e. The number of aryl methyl sites for hydroxylation is 1. The summed E-state index contributed by atoms with van der Waals surface area (Å²) in [6.07, 6.45) is 1.73. The van der Waals surface area contributed by atoms with E-state index in [1.54, 1.807) is 19.3 Å². The Morgan fingerprint density at radius 1 is 1.17 bits per heavy atom. The molecule has 0 bridgehead atoms. The van der Waals surface area contributed by atoms with E-state index in [0.717, 1.165) is 22.6 Å². The highest BCUT2D eigenvalue weighted by molar-refractivity contribution is 6.15. The zero-order valence-corrected chi connectivity index (χ0v) is 16.0. The minimum absolute atomic E-state index is 0.145. The van der Waals surface area contributed by atoms with Gasteiger partial charge in [-0.3, -0.25) is 4.79 Å². The van der Waals surface area contributed by atoms with Crippen LogP contribution in [0.2, 0.25) is 0 Å². The third-order valence-electron chi connectivity index (χ3n) is 4.98. The number of benzene rings is 2. The van der Waals surface area contributed by atoms with Crippen LogP contribution < -0.4 is 19.1 Å². The van der Waals surface area contributed by atoms with Gasteiger partial charge in [0.25, 0.3) is 0 Å². The topological polar surface area (TPSA) is 74.0 Å². The molecule has 146 valence electrons. The molecule has 0 aliphatic carbocycles. The molecule has 3 aromatic rings. The van der Waals surface area contributed by atoms with Crippen LogP contribution in [0.5, 0.6) is 17.2 Å². The molecule has 2 aliphatic rings. The SMILES string of the molecule is COc1ccc(C=C2Oc3c(ccc4c3CN(c3cc(C)on3)CO4)C2=O)cc1. The Labute approximate surface area is 167 Å². The molecule has 0 N–H and O–H groups in total. The summed E-state index contributed by atoms with van der Waals surface area (Å²) in [4.78, 5) is 14.8. The first-order chi connectivity index (χ1) is 14.1. The molecule has 0 amide bonds. The van der Waals surface area contributed by atoms with E-state index in [9.17, 15) is 4.79 Å². The van der Waals surface area contributed by atoms with Gasteiger partial charge in [0.15, 0.2) is 18.3 Å². The Hall–Kier alpha value is -3.74. The van der Waals surface area contributed by atoms with E-state index in [2.05, 4.69) is 5.16 Å². The normalized spacial score (nSPS) is 16.3. The summed E-state index contributed by atoms with van der Waals surface area (Å²) < 4.78 is 22.2. The Bertz CT molecular complexity index is 1130. The zero-order chi connectivity index (χ0) is 20.0. The maximum Gasteiger partial charge on any atom is 0.231 e. The lowest BCUT2D eigenvalue weighted by Crippen LogP contribution is -2.32. The van der Waals surface area contributed by atoms with Crippen molar-refractivity contribution < 1.29 is 23.5 Å². The number of allylic oxidation sites excluding steroid dienone is 1. The van der Waals surface area contributed by atoms with Gasteiger partial charge in [0, 0.05) is 6.07 Å². The highest BCUT2D eigenvalue weighted by Gasteiger charge is 2.34. The monoisotopic (exact) mass is 390 g/mol. The number of fused-ring (bicyclic) bond motifs is 3. The first-order valence-corrected chi connectivity index (χ1v) is 9.17. The Morgan fingerprint density at radius 3 is 2.72 bits per heavy atom. The second-order valence-corrected chi connectivity index (χ2v) is 6.90. The van der Waals surface area contributed by atoms with Gasteiger partial charge in [-0.15, -0.1) is 0 Å². The number of carbonyl (C=O) groups excluding carboxylic acids is 1. The van der Waals surface area contributed by atoms with E-state index in [4.69, 9.17) is 18.7 Å². The standard InChI is InChI=1S/C22H18N2O5/c1-13-9-20(23-29-13)24-11-17-18(27-12-24)8-7-16-21(25)19(28-22(16)17)10-14-3-5-15(26-2)6-4-14/h3-10H,11-12H2,1-2H3. The maximum atomic E-state index is 12.9.